The van der Waals surface area contributed by atoms with Crippen molar-refractivity contribution in [2.45, 2.75) is 25.4 Å². The molecular weight excluding hydrogens is 272 g/mol. The molecule has 1 N–H and O–H groups in total. The molecule has 0 heterocycles. The molecule has 4 heteroatoms. The second kappa shape index (κ2) is 4.63. The summed E-state index contributed by atoms with van der Waals surface area (Å²) in [6.07, 6.45) is 2.24. The van der Waals surface area contributed by atoms with Crippen LogP contribution in [0.1, 0.15) is 30.1 Å². The van der Waals surface area contributed by atoms with E-state index in [4.69, 9.17) is 9.47 Å². The van der Waals surface area contributed by atoms with Gasteiger partial charge < -0.3 is 14.6 Å². The summed E-state index contributed by atoms with van der Waals surface area (Å²) in [4.78, 5) is 0. The van der Waals surface area contributed by atoms with Crippen molar-refractivity contribution in [1.82, 2.24) is 0 Å². The van der Waals surface area contributed by atoms with E-state index in [0.29, 0.717) is 0 Å². The second-order valence-electron chi connectivity index (χ2n) is 3.89. The maximum Gasteiger partial charge on any atom is 0.139 e. The third kappa shape index (κ3) is 1.80. The number of aliphatic hydroxyl groups excluding tert-OH is 1. The number of hydrogen-bond donors (Lipinski definition) is 1. The fourth-order valence-electron chi connectivity index (χ4n) is 2.28. The highest BCUT2D eigenvalue weighted by atomic mass is 79.9. The minimum Gasteiger partial charge on any atom is -0.496 e. The molecule has 1 aromatic rings. The first-order chi connectivity index (χ1) is 7.69. The quantitative estimate of drug-likeness (QED) is 0.909. The van der Waals surface area contributed by atoms with Crippen molar-refractivity contribution < 1.29 is 14.6 Å². The third-order valence-corrected chi connectivity index (χ3v) is 3.59. The van der Waals surface area contributed by atoms with E-state index in [1.165, 1.54) is 0 Å². The van der Waals surface area contributed by atoms with Crippen molar-refractivity contribution in [2.75, 3.05) is 14.2 Å². The van der Waals surface area contributed by atoms with Crippen molar-refractivity contribution >= 4 is 15.9 Å². The van der Waals surface area contributed by atoms with Crippen LogP contribution < -0.4 is 9.47 Å². The largest absolute Gasteiger partial charge is 0.496 e. The molecule has 0 radical (unpaired) electrons. The molecule has 0 aliphatic heterocycles. The molecule has 0 fully saturated rings. The van der Waals surface area contributed by atoms with Gasteiger partial charge in [-0.05, 0) is 41.3 Å². The molecule has 16 heavy (non-hydrogen) atoms. The molecule has 1 aromatic carbocycles. The van der Waals surface area contributed by atoms with E-state index in [1.807, 2.05) is 6.07 Å². The van der Waals surface area contributed by atoms with Gasteiger partial charge in [0.15, 0.2) is 0 Å². The van der Waals surface area contributed by atoms with Crippen molar-refractivity contribution in [2.24, 2.45) is 0 Å². The lowest BCUT2D eigenvalue weighted by molar-refractivity contribution is 0.151. The van der Waals surface area contributed by atoms with Gasteiger partial charge in [0.25, 0.3) is 0 Å². The highest BCUT2D eigenvalue weighted by Gasteiger charge is 2.27. The van der Waals surface area contributed by atoms with Crippen LogP contribution in [0.4, 0.5) is 0 Å². The Balaban J connectivity index is 2.66. The monoisotopic (exact) mass is 286 g/mol. The lowest BCUT2D eigenvalue weighted by Gasteiger charge is -2.26. The third-order valence-electron chi connectivity index (χ3n) is 3.00. The average Bonchev–Trinajstić information content (AvgIpc) is 2.29. The van der Waals surface area contributed by atoms with Gasteiger partial charge in [-0.2, -0.15) is 0 Å². The minimum atomic E-state index is -0.454. The smallest absolute Gasteiger partial charge is 0.139 e. The fraction of sp³-hybridized carbons (Fsp3) is 0.500. The number of benzene rings is 1. The number of halogens is 1. The van der Waals surface area contributed by atoms with E-state index in [1.54, 1.807) is 14.2 Å². The molecule has 1 atom stereocenters. The molecule has 1 aliphatic carbocycles. The SMILES string of the molecule is COc1cc(Br)c(OC)c2c1CCC[C@H]2O. The Morgan fingerprint density at radius 3 is 2.75 bits per heavy atom. The standard InChI is InChI=1S/C12H15BrO3/c1-15-10-6-8(13)12(16-2)11-7(10)4-3-5-9(11)14/h6,9,14H,3-5H2,1-2H3/t9-/m1/s1. The van der Waals surface area contributed by atoms with Gasteiger partial charge in [-0.3, -0.25) is 0 Å². The number of aliphatic hydroxyl groups is 1. The summed E-state index contributed by atoms with van der Waals surface area (Å²) in [7, 11) is 3.27. The highest BCUT2D eigenvalue weighted by molar-refractivity contribution is 9.10. The fourth-order valence-corrected chi connectivity index (χ4v) is 2.87. The van der Waals surface area contributed by atoms with Crippen LogP contribution in [0, 0.1) is 0 Å². The van der Waals surface area contributed by atoms with E-state index in [2.05, 4.69) is 15.9 Å². The first-order valence-electron chi connectivity index (χ1n) is 5.30. The van der Waals surface area contributed by atoms with Crippen molar-refractivity contribution in [3.05, 3.63) is 21.7 Å². The van der Waals surface area contributed by atoms with E-state index in [9.17, 15) is 5.11 Å². The van der Waals surface area contributed by atoms with Gasteiger partial charge in [0.05, 0.1) is 24.8 Å². The summed E-state index contributed by atoms with van der Waals surface area (Å²) in [5, 5.41) is 10.1. The summed E-state index contributed by atoms with van der Waals surface area (Å²) in [5.74, 6) is 1.55. The average molecular weight is 287 g/mol. The summed E-state index contributed by atoms with van der Waals surface area (Å²) in [6, 6.07) is 1.90. The van der Waals surface area contributed by atoms with E-state index in [0.717, 1.165) is 46.4 Å². The van der Waals surface area contributed by atoms with Crippen LogP contribution in [0.5, 0.6) is 11.5 Å². The molecule has 1 aliphatic rings. The highest BCUT2D eigenvalue weighted by Crippen LogP contribution is 2.45. The number of ether oxygens (including phenoxy) is 2. The van der Waals surface area contributed by atoms with Crippen molar-refractivity contribution in [3.8, 4) is 11.5 Å². The lowest BCUT2D eigenvalue weighted by atomic mass is 9.88. The second-order valence-corrected chi connectivity index (χ2v) is 4.75. The van der Waals surface area contributed by atoms with Gasteiger partial charge in [-0.15, -0.1) is 0 Å². The van der Waals surface area contributed by atoms with Gasteiger partial charge >= 0.3 is 0 Å². The Morgan fingerprint density at radius 1 is 1.38 bits per heavy atom. The minimum absolute atomic E-state index is 0.454. The van der Waals surface area contributed by atoms with Crippen LogP contribution in [0.25, 0.3) is 0 Å². The maximum absolute atomic E-state index is 10.1. The molecule has 0 saturated carbocycles. The summed E-state index contributed by atoms with van der Waals surface area (Å²) >= 11 is 3.44. The molecule has 0 spiro atoms. The van der Waals surface area contributed by atoms with Gasteiger partial charge in [-0.1, -0.05) is 0 Å². The van der Waals surface area contributed by atoms with Crippen LogP contribution in [0.2, 0.25) is 0 Å². The molecule has 0 bridgehead atoms. The molecule has 3 nitrogen and oxygen atoms in total. The van der Waals surface area contributed by atoms with Crippen LogP contribution in [-0.2, 0) is 6.42 Å². The zero-order chi connectivity index (χ0) is 11.7. The topological polar surface area (TPSA) is 38.7 Å². The predicted octanol–water partition coefficient (Wildman–Crippen LogP) is 2.84. The van der Waals surface area contributed by atoms with Gasteiger partial charge in [0.1, 0.15) is 11.5 Å². The Bertz CT molecular complexity index is 404. The summed E-state index contributed by atoms with van der Waals surface area (Å²) in [6.45, 7) is 0. The number of hydrogen-bond acceptors (Lipinski definition) is 3. The molecular formula is C12H15BrO3. The normalized spacial score (nSPS) is 19.1. The molecule has 2 rings (SSSR count). The first-order valence-corrected chi connectivity index (χ1v) is 6.09. The first kappa shape index (κ1) is 11.7. The zero-order valence-electron chi connectivity index (χ0n) is 9.42. The van der Waals surface area contributed by atoms with Gasteiger partial charge in [0, 0.05) is 11.1 Å². The molecule has 0 unspecified atom stereocenters. The van der Waals surface area contributed by atoms with Crippen molar-refractivity contribution in [3.63, 3.8) is 0 Å². The zero-order valence-corrected chi connectivity index (χ0v) is 11.0. The number of fused-ring (bicyclic) bond motifs is 1. The summed E-state index contributed by atoms with van der Waals surface area (Å²) in [5.41, 5.74) is 1.95. The maximum atomic E-state index is 10.1. The molecule has 0 saturated heterocycles. The Labute approximate surface area is 104 Å². The number of rotatable bonds is 2. The lowest BCUT2D eigenvalue weighted by Crippen LogP contribution is -2.12. The van der Waals surface area contributed by atoms with Crippen molar-refractivity contribution in [1.29, 1.82) is 0 Å². The van der Waals surface area contributed by atoms with Crippen LogP contribution in [-0.4, -0.2) is 19.3 Å². The van der Waals surface area contributed by atoms with Gasteiger partial charge in [0.2, 0.25) is 0 Å². The van der Waals surface area contributed by atoms with Crippen LogP contribution in [0.15, 0.2) is 10.5 Å². The Morgan fingerprint density at radius 2 is 2.12 bits per heavy atom. The Kier molecular flexibility index (Phi) is 3.40. The van der Waals surface area contributed by atoms with Gasteiger partial charge in [-0.25, -0.2) is 0 Å². The van der Waals surface area contributed by atoms with E-state index < -0.39 is 6.10 Å². The summed E-state index contributed by atoms with van der Waals surface area (Å²) < 4.78 is 11.5. The predicted molar refractivity (Wildman–Crippen MR) is 65.1 cm³/mol. The Hall–Kier alpha value is -0.740. The van der Waals surface area contributed by atoms with Crippen LogP contribution >= 0.6 is 15.9 Å². The molecule has 0 aromatic heterocycles. The van der Waals surface area contributed by atoms with E-state index in [-0.39, 0.29) is 0 Å². The number of methoxy groups -OCH3 is 2. The molecule has 0 amide bonds. The molecule has 88 valence electrons. The van der Waals surface area contributed by atoms with E-state index >= 15 is 0 Å². The van der Waals surface area contributed by atoms with Crippen LogP contribution in [0.3, 0.4) is 0 Å².